The maximum absolute atomic E-state index is 13.8. The van der Waals surface area contributed by atoms with Crippen molar-refractivity contribution < 1.29 is 9.18 Å². The van der Waals surface area contributed by atoms with Crippen LogP contribution in [0.2, 0.25) is 0 Å². The van der Waals surface area contributed by atoms with E-state index in [0.29, 0.717) is 0 Å². The molecule has 3 nitrogen and oxygen atoms in total. The largest absolute Gasteiger partial charge is 0.323 e. The summed E-state index contributed by atoms with van der Waals surface area (Å²) < 4.78 is 13.8. The molecule has 1 N–H and O–H groups in total. The molecule has 1 aromatic heterocycles. The monoisotopic (exact) mass is 300 g/mol. The van der Waals surface area contributed by atoms with Crippen LogP contribution in [0, 0.1) is 17.1 Å². The lowest BCUT2D eigenvalue weighted by atomic mass is 9.87. The second-order valence-corrected chi connectivity index (χ2v) is 6.04. The van der Waals surface area contributed by atoms with Gasteiger partial charge in [-0.2, -0.15) is 5.26 Å². The van der Waals surface area contributed by atoms with Crippen LogP contribution < -0.4 is 5.32 Å². The number of nitrogens with zero attached hydrogens (tertiary/aromatic N) is 1. The number of anilines is 1. The first-order valence-corrected chi connectivity index (χ1v) is 7.64. The molecule has 5 heteroatoms. The summed E-state index contributed by atoms with van der Waals surface area (Å²) in [5, 5.41) is 13.4. The van der Waals surface area contributed by atoms with Crippen molar-refractivity contribution in [2.45, 2.75) is 25.2 Å². The van der Waals surface area contributed by atoms with Crippen molar-refractivity contribution in [3.05, 3.63) is 51.5 Å². The van der Waals surface area contributed by atoms with Gasteiger partial charge in [0, 0.05) is 4.88 Å². The smallest absolute Gasteiger partial charge is 0.232 e. The van der Waals surface area contributed by atoms with Gasteiger partial charge in [-0.15, -0.1) is 11.3 Å². The van der Waals surface area contributed by atoms with Crippen molar-refractivity contribution in [1.82, 2.24) is 0 Å². The minimum Gasteiger partial charge on any atom is -0.323 e. The predicted octanol–water partition coefficient (Wildman–Crippen LogP) is 3.82. The Morgan fingerprint density at radius 3 is 3.05 bits per heavy atom. The van der Waals surface area contributed by atoms with Crippen molar-refractivity contribution in [3.63, 3.8) is 0 Å². The first-order valence-electron chi connectivity index (χ1n) is 6.76. The molecule has 1 aliphatic carbocycles. The minimum absolute atomic E-state index is 0.126. The number of nitrogens with one attached hydrogen (secondary N) is 1. The van der Waals surface area contributed by atoms with Gasteiger partial charge in [0.1, 0.15) is 5.82 Å². The maximum Gasteiger partial charge on any atom is 0.232 e. The summed E-state index contributed by atoms with van der Waals surface area (Å²) in [5.74, 6) is -0.975. The molecule has 0 bridgehead atoms. The van der Waals surface area contributed by atoms with Crippen molar-refractivity contribution in [2.75, 3.05) is 5.32 Å². The maximum atomic E-state index is 13.8. The second-order valence-electron chi connectivity index (χ2n) is 5.04. The number of hydrogen-bond donors (Lipinski definition) is 1. The molecule has 1 aliphatic rings. The first kappa shape index (κ1) is 13.8. The molecule has 0 spiro atoms. The van der Waals surface area contributed by atoms with E-state index in [-0.39, 0.29) is 23.1 Å². The number of nitriles is 1. The van der Waals surface area contributed by atoms with Crippen LogP contribution in [0.15, 0.2) is 29.6 Å². The van der Waals surface area contributed by atoms with Gasteiger partial charge in [0.05, 0.1) is 23.2 Å². The van der Waals surface area contributed by atoms with Crippen LogP contribution in [0.1, 0.15) is 34.8 Å². The van der Waals surface area contributed by atoms with Crippen LogP contribution in [-0.4, -0.2) is 5.91 Å². The Hall–Kier alpha value is -2.19. The molecule has 1 atom stereocenters. The van der Waals surface area contributed by atoms with Gasteiger partial charge < -0.3 is 5.32 Å². The summed E-state index contributed by atoms with van der Waals surface area (Å²) in [6.45, 7) is 0. The summed E-state index contributed by atoms with van der Waals surface area (Å²) in [4.78, 5) is 13.6. The molecule has 3 rings (SSSR count). The highest BCUT2D eigenvalue weighted by Gasteiger charge is 2.27. The van der Waals surface area contributed by atoms with E-state index in [1.807, 2.05) is 17.5 Å². The van der Waals surface area contributed by atoms with E-state index in [0.717, 1.165) is 30.9 Å². The molecule has 1 aromatic carbocycles. The summed E-state index contributed by atoms with van der Waals surface area (Å²) in [5.41, 5.74) is 1.43. The number of thiophene rings is 1. The molecule has 0 saturated heterocycles. The molecule has 0 radical (unpaired) electrons. The summed E-state index contributed by atoms with van der Waals surface area (Å²) in [6, 6.07) is 7.92. The van der Waals surface area contributed by atoms with E-state index in [1.165, 1.54) is 17.0 Å². The van der Waals surface area contributed by atoms with E-state index in [2.05, 4.69) is 5.32 Å². The van der Waals surface area contributed by atoms with Gasteiger partial charge in [0.25, 0.3) is 0 Å². The van der Waals surface area contributed by atoms with Gasteiger partial charge in [0.15, 0.2) is 0 Å². The zero-order chi connectivity index (χ0) is 14.8. The third-order valence-electron chi connectivity index (χ3n) is 3.72. The topological polar surface area (TPSA) is 52.9 Å². The standard InChI is InChI=1S/C16H13FN2OS/c17-13-8-10(9-18)4-5-14(13)19-16(20)12-2-1-3-15-11(12)6-7-21-15/h4-8,12H,1-3H2,(H,19,20). The molecule has 0 saturated carbocycles. The number of carbonyl (C=O) groups excluding carboxylic acids is 1. The van der Waals surface area contributed by atoms with Crippen molar-refractivity contribution in [1.29, 1.82) is 5.26 Å². The molecular weight excluding hydrogens is 287 g/mol. The Morgan fingerprint density at radius 2 is 2.29 bits per heavy atom. The Morgan fingerprint density at radius 1 is 1.43 bits per heavy atom. The lowest BCUT2D eigenvalue weighted by Crippen LogP contribution is -2.24. The van der Waals surface area contributed by atoms with E-state index in [1.54, 1.807) is 11.3 Å². The van der Waals surface area contributed by atoms with Gasteiger partial charge in [0.2, 0.25) is 5.91 Å². The van der Waals surface area contributed by atoms with Crippen molar-refractivity contribution in [3.8, 4) is 6.07 Å². The number of amides is 1. The van der Waals surface area contributed by atoms with Gasteiger partial charge in [-0.05, 0) is 54.5 Å². The Kier molecular flexibility index (Phi) is 3.72. The quantitative estimate of drug-likeness (QED) is 0.916. The van der Waals surface area contributed by atoms with Gasteiger partial charge >= 0.3 is 0 Å². The fourth-order valence-corrected chi connectivity index (χ4v) is 3.65. The van der Waals surface area contributed by atoms with Gasteiger partial charge in [-0.25, -0.2) is 4.39 Å². The summed E-state index contributed by atoms with van der Waals surface area (Å²) in [7, 11) is 0. The number of benzene rings is 1. The molecule has 1 heterocycles. The molecule has 0 aliphatic heterocycles. The number of carbonyl (C=O) groups is 1. The lowest BCUT2D eigenvalue weighted by Gasteiger charge is -2.22. The molecule has 106 valence electrons. The van der Waals surface area contributed by atoms with Crippen LogP contribution in [-0.2, 0) is 11.2 Å². The van der Waals surface area contributed by atoms with Crippen LogP contribution >= 0.6 is 11.3 Å². The van der Waals surface area contributed by atoms with E-state index >= 15 is 0 Å². The second kappa shape index (κ2) is 5.66. The molecule has 0 fully saturated rings. The summed E-state index contributed by atoms with van der Waals surface area (Å²) >= 11 is 1.67. The third-order valence-corrected chi connectivity index (χ3v) is 4.72. The number of aryl methyl sites for hydroxylation is 1. The average molecular weight is 300 g/mol. The van der Waals surface area contributed by atoms with Crippen molar-refractivity contribution >= 4 is 22.9 Å². The fourth-order valence-electron chi connectivity index (χ4n) is 2.66. The van der Waals surface area contributed by atoms with Crippen LogP contribution in [0.25, 0.3) is 0 Å². The van der Waals surface area contributed by atoms with E-state index in [9.17, 15) is 9.18 Å². The molecule has 2 aromatic rings. The number of rotatable bonds is 2. The molecule has 1 amide bonds. The molecule has 21 heavy (non-hydrogen) atoms. The lowest BCUT2D eigenvalue weighted by molar-refractivity contribution is -0.117. The van der Waals surface area contributed by atoms with Gasteiger partial charge in [-0.1, -0.05) is 0 Å². The van der Waals surface area contributed by atoms with E-state index < -0.39 is 5.82 Å². The Bertz CT molecular complexity index is 732. The van der Waals surface area contributed by atoms with Crippen LogP contribution in [0.4, 0.5) is 10.1 Å². The Labute approximate surface area is 126 Å². The highest BCUT2D eigenvalue weighted by Crippen LogP contribution is 2.35. The van der Waals surface area contributed by atoms with E-state index in [4.69, 9.17) is 5.26 Å². The highest BCUT2D eigenvalue weighted by molar-refractivity contribution is 7.10. The molecular formula is C16H13FN2OS. The first-order chi connectivity index (χ1) is 10.2. The SMILES string of the molecule is N#Cc1ccc(NC(=O)C2CCCc3sccc32)c(F)c1. The summed E-state index contributed by atoms with van der Waals surface area (Å²) in [6.07, 6.45) is 2.77. The zero-order valence-electron chi connectivity index (χ0n) is 11.2. The highest BCUT2D eigenvalue weighted by atomic mass is 32.1. The number of fused-ring (bicyclic) bond motifs is 1. The number of hydrogen-bond acceptors (Lipinski definition) is 3. The average Bonchev–Trinajstić information content (AvgIpc) is 2.97. The van der Waals surface area contributed by atoms with Crippen LogP contribution in [0.3, 0.4) is 0 Å². The zero-order valence-corrected chi connectivity index (χ0v) is 12.0. The van der Waals surface area contributed by atoms with Crippen molar-refractivity contribution in [2.24, 2.45) is 0 Å². The number of halogens is 1. The predicted molar refractivity (Wildman–Crippen MR) is 79.7 cm³/mol. The normalized spacial score (nSPS) is 16.9. The fraction of sp³-hybridized carbons (Fsp3) is 0.250. The Balaban J connectivity index is 1.81. The minimum atomic E-state index is -0.580. The van der Waals surface area contributed by atoms with Gasteiger partial charge in [-0.3, -0.25) is 4.79 Å². The molecule has 1 unspecified atom stereocenters. The van der Waals surface area contributed by atoms with Crippen LogP contribution in [0.5, 0.6) is 0 Å². The third kappa shape index (κ3) is 2.67.